The molecule has 4 nitrogen and oxygen atoms in total. The zero-order valence-corrected chi connectivity index (χ0v) is 18.1. The van der Waals surface area contributed by atoms with Crippen LogP contribution in [-0.2, 0) is 17.8 Å². The highest BCUT2D eigenvalue weighted by Gasteiger charge is 2.21. The number of nitrogens with zero attached hydrogens (tertiary/aromatic N) is 3. The minimum Gasteiger partial charge on any atom is -0.283 e. The average Bonchev–Trinajstić information content (AvgIpc) is 3.18. The molecule has 0 spiro atoms. The Balaban J connectivity index is 1.66. The molecule has 2 aromatic carbocycles. The smallest absolute Gasteiger partial charge is 0.233 e. The number of halogens is 1. The minimum atomic E-state index is -0.0130. The van der Waals surface area contributed by atoms with E-state index in [0.717, 1.165) is 21.3 Å². The van der Waals surface area contributed by atoms with Gasteiger partial charge in [-0.1, -0.05) is 47.2 Å². The van der Waals surface area contributed by atoms with Crippen LogP contribution in [0.2, 0.25) is 5.02 Å². The number of carbonyl (C=O) groups is 1. The molecule has 0 fully saturated rings. The van der Waals surface area contributed by atoms with E-state index < -0.39 is 0 Å². The van der Waals surface area contributed by atoms with Crippen molar-refractivity contribution in [3.63, 3.8) is 0 Å². The highest BCUT2D eigenvalue weighted by atomic mass is 35.5. The first-order chi connectivity index (χ1) is 14.1. The summed E-state index contributed by atoms with van der Waals surface area (Å²) < 4.78 is 0.959. The molecule has 0 radical (unpaired) electrons. The van der Waals surface area contributed by atoms with Gasteiger partial charge in [-0.2, -0.15) is 0 Å². The van der Waals surface area contributed by atoms with Gasteiger partial charge in [-0.05, 0) is 47.7 Å². The van der Waals surface area contributed by atoms with E-state index in [0.29, 0.717) is 23.1 Å². The number of para-hydroxylation sites is 1. The number of pyridine rings is 1. The SMILES string of the molecule is CSc1ccc(CC(=O)N(Cc2cccnc2)c2nc3c(Cl)cccc3s2)cc1. The van der Waals surface area contributed by atoms with Crippen molar-refractivity contribution in [2.75, 3.05) is 11.2 Å². The number of anilines is 1. The fraction of sp³-hybridized carbons (Fsp3) is 0.136. The van der Waals surface area contributed by atoms with E-state index in [2.05, 4.69) is 9.97 Å². The Morgan fingerprint density at radius 1 is 1.10 bits per heavy atom. The van der Waals surface area contributed by atoms with E-state index >= 15 is 0 Å². The van der Waals surface area contributed by atoms with Crippen molar-refractivity contribution in [2.45, 2.75) is 17.9 Å². The van der Waals surface area contributed by atoms with Crippen molar-refractivity contribution in [3.8, 4) is 0 Å². The van der Waals surface area contributed by atoms with Gasteiger partial charge in [0.15, 0.2) is 5.13 Å². The molecule has 0 bridgehead atoms. The number of rotatable bonds is 6. The highest BCUT2D eigenvalue weighted by molar-refractivity contribution is 7.98. The Morgan fingerprint density at radius 3 is 2.62 bits per heavy atom. The molecule has 146 valence electrons. The number of thioether (sulfide) groups is 1. The van der Waals surface area contributed by atoms with Gasteiger partial charge in [0.05, 0.1) is 22.7 Å². The van der Waals surface area contributed by atoms with Crippen molar-refractivity contribution in [3.05, 3.63) is 83.1 Å². The van der Waals surface area contributed by atoms with Crippen LogP contribution in [0.15, 0.2) is 71.9 Å². The molecule has 0 saturated heterocycles. The summed E-state index contributed by atoms with van der Waals surface area (Å²) >= 11 is 9.45. The first kappa shape index (κ1) is 19.9. The quantitative estimate of drug-likeness (QED) is 0.354. The second-order valence-electron chi connectivity index (χ2n) is 6.45. The van der Waals surface area contributed by atoms with Crippen molar-refractivity contribution >= 4 is 56.0 Å². The van der Waals surface area contributed by atoms with Crippen LogP contribution in [0.25, 0.3) is 10.2 Å². The lowest BCUT2D eigenvalue weighted by molar-refractivity contribution is -0.118. The molecule has 0 N–H and O–H groups in total. The molecule has 29 heavy (non-hydrogen) atoms. The minimum absolute atomic E-state index is 0.0130. The topological polar surface area (TPSA) is 46.1 Å². The van der Waals surface area contributed by atoms with E-state index in [1.807, 2.05) is 60.9 Å². The monoisotopic (exact) mass is 439 g/mol. The maximum absolute atomic E-state index is 13.3. The molecule has 2 heterocycles. The fourth-order valence-corrected chi connectivity index (χ4v) is 4.66. The first-order valence-corrected chi connectivity index (χ1v) is 11.4. The Labute approximate surface area is 182 Å². The normalized spacial score (nSPS) is 11.0. The lowest BCUT2D eigenvalue weighted by Crippen LogP contribution is -2.31. The van der Waals surface area contributed by atoms with E-state index in [9.17, 15) is 4.79 Å². The fourth-order valence-electron chi connectivity index (χ4n) is 2.97. The third-order valence-electron chi connectivity index (χ3n) is 4.47. The van der Waals surface area contributed by atoms with Gasteiger partial charge in [0.2, 0.25) is 5.91 Å². The molecular formula is C22H18ClN3OS2. The lowest BCUT2D eigenvalue weighted by atomic mass is 10.1. The zero-order chi connectivity index (χ0) is 20.2. The molecule has 0 aliphatic carbocycles. The molecule has 0 aliphatic rings. The maximum atomic E-state index is 13.3. The van der Waals surface area contributed by atoms with Gasteiger partial charge in [-0.3, -0.25) is 14.7 Å². The molecule has 4 aromatic rings. The molecule has 0 atom stereocenters. The molecule has 1 amide bonds. The standard InChI is InChI=1S/C22H18ClN3OS2/c1-28-17-9-7-15(8-10-17)12-20(27)26(14-16-4-3-11-24-13-16)22-25-21-18(23)5-2-6-19(21)29-22/h2-11,13H,12,14H2,1H3. The number of hydrogen-bond acceptors (Lipinski definition) is 5. The summed E-state index contributed by atoms with van der Waals surface area (Å²) in [5.74, 6) is -0.0130. The Bertz CT molecular complexity index is 1130. The van der Waals surface area contributed by atoms with Crippen LogP contribution in [0.5, 0.6) is 0 Å². The summed E-state index contributed by atoms with van der Waals surface area (Å²) in [5.41, 5.74) is 2.65. The van der Waals surface area contributed by atoms with Gasteiger partial charge in [-0.25, -0.2) is 4.98 Å². The number of aromatic nitrogens is 2. The van der Waals surface area contributed by atoms with Gasteiger partial charge in [0.25, 0.3) is 0 Å². The van der Waals surface area contributed by atoms with Crippen LogP contribution in [0, 0.1) is 0 Å². The lowest BCUT2D eigenvalue weighted by Gasteiger charge is -2.20. The van der Waals surface area contributed by atoms with Crippen LogP contribution >= 0.6 is 34.7 Å². The summed E-state index contributed by atoms with van der Waals surface area (Å²) in [5, 5.41) is 1.23. The van der Waals surface area contributed by atoms with Crippen molar-refractivity contribution in [1.82, 2.24) is 9.97 Å². The van der Waals surface area contributed by atoms with Crippen LogP contribution < -0.4 is 4.90 Å². The molecular weight excluding hydrogens is 422 g/mol. The Morgan fingerprint density at radius 2 is 1.93 bits per heavy atom. The average molecular weight is 440 g/mol. The predicted octanol–water partition coefficient (Wildman–Crippen LogP) is 5.84. The molecule has 2 aromatic heterocycles. The van der Waals surface area contributed by atoms with Gasteiger partial charge in [0.1, 0.15) is 5.52 Å². The van der Waals surface area contributed by atoms with Crippen LogP contribution in [0.4, 0.5) is 5.13 Å². The molecule has 7 heteroatoms. The number of fused-ring (bicyclic) bond motifs is 1. The third-order valence-corrected chi connectivity index (χ3v) is 6.56. The maximum Gasteiger partial charge on any atom is 0.233 e. The second kappa shape index (κ2) is 8.95. The number of hydrogen-bond donors (Lipinski definition) is 0. The number of amides is 1. The summed E-state index contributed by atoms with van der Waals surface area (Å²) in [6, 6.07) is 17.6. The molecule has 0 saturated carbocycles. The Kier molecular flexibility index (Phi) is 6.13. The molecule has 0 aliphatic heterocycles. The van der Waals surface area contributed by atoms with E-state index in [-0.39, 0.29) is 5.91 Å². The van der Waals surface area contributed by atoms with Gasteiger partial charge in [-0.15, -0.1) is 11.8 Å². The van der Waals surface area contributed by atoms with Gasteiger partial charge >= 0.3 is 0 Å². The Hall–Kier alpha value is -2.41. The first-order valence-electron chi connectivity index (χ1n) is 9.01. The van der Waals surface area contributed by atoms with E-state index in [1.54, 1.807) is 29.1 Å². The van der Waals surface area contributed by atoms with Crippen LogP contribution in [0.1, 0.15) is 11.1 Å². The largest absolute Gasteiger partial charge is 0.283 e. The van der Waals surface area contributed by atoms with E-state index in [1.165, 1.54) is 16.2 Å². The highest BCUT2D eigenvalue weighted by Crippen LogP contribution is 2.33. The number of thiazole rings is 1. The van der Waals surface area contributed by atoms with E-state index in [4.69, 9.17) is 11.6 Å². The van der Waals surface area contributed by atoms with Gasteiger partial charge < -0.3 is 0 Å². The van der Waals surface area contributed by atoms with Crippen molar-refractivity contribution in [1.29, 1.82) is 0 Å². The molecule has 4 rings (SSSR count). The molecule has 0 unspecified atom stereocenters. The summed E-state index contributed by atoms with van der Waals surface area (Å²) in [4.78, 5) is 25.0. The number of carbonyl (C=O) groups excluding carboxylic acids is 1. The summed E-state index contributed by atoms with van der Waals surface area (Å²) in [6.45, 7) is 0.410. The third kappa shape index (κ3) is 4.61. The number of benzene rings is 2. The van der Waals surface area contributed by atoms with Crippen molar-refractivity contribution in [2.24, 2.45) is 0 Å². The zero-order valence-electron chi connectivity index (χ0n) is 15.7. The van der Waals surface area contributed by atoms with Crippen LogP contribution in [0.3, 0.4) is 0 Å². The second-order valence-corrected chi connectivity index (χ2v) is 8.74. The van der Waals surface area contributed by atoms with Crippen molar-refractivity contribution < 1.29 is 4.79 Å². The summed E-state index contributed by atoms with van der Waals surface area (Å²) in [7, 11) is 0. The van der Waals surface area contributed by atoms with Gasteiger partial charge in [0, 0.05) is 17.3 Å². The summed E-state index contributed by atoms with van der Waals surface area (Å²) in [6.07, 6.45) is 5.83. The van der Waals surface area contributed by atoms with Crippen LogP contribution in [-0.4, -0.2) is 22.1 Å². The predicted molar refractivity (Wildman–Crippen MR) is 122 cm³/mol.